The van der Waals surface area contributed by atoms with Crippen LogP contribution in [0.2, 0.25) is 0 Å². The van der Waals surface area contributed by atoms with E-state index in [1.54, 1.807) is 32.2 Å². The Morgan fingerprint density at radius 3 is 1.67 bits per heavy atom. The Morgan fingerprint density at radius 1 is 0.721 bits per heavy atom. The molecule has 43 heavy (non-hydrogen) atoms. The summed E-state index contributed by atoms with van der Waals surface area (Å²) in [5.41, 5.74) is 0.604. The van der Waals surface area contributed by atoms with E-state index in [4.69, 9.17) is 9.47 Å². The lowest BCUT2D eigenvalue weighted by atomic mass is 9.98. The van der Waals surface area contributed by atoms with Crippen molar-refractivity contribution in [2.75, 3.05) is 7.11 Å². The van der Waals surface area contributed by atoms with Gasteiger partial charge in [-0.1, -0.05) is 140 Å². The maximum atomic E-state index is 13.6. The minimum atomic E-state index is -4.70. The first-order valence-corrected chi connectivity index (χ1v) is 16.8. The summed E-state index contributed by atoms with van der Waals surface area (Å²) in [5, 5.41) is 1.79. The third-order valence-corrected chi connectivity index (χ3v) is 8.30. The number of allylic oxidation sites excluding steroid dienone is 2. The van der Waals surface area contributed by atoms with Crippen molar-refractivity contribution in [3.05, 3.63) is 53.8 Å². The summed E-state index contributed by atoms with van der Waals surface area (Å²) >= 11 is 0. The van der Waals surface area contributed by atoms with Gasteiger partial charge < -0.3 is 9.47 Å². The molecule has 0 fully saturated rings. The molecule has 0 radical (unpaired) electrons. The number of carbonyl (C=O) groups excluding carboxylic acids is 1. The van der Waals surface area contributed by atoms with Crippen molar-refractivity contribution in [3.8, 4) is 5.75 Å². The van der Waals surface area contributed by atoms with Gasteiger partial charge in [0.1, 0.15) is 5.75 Å². The van der Waals surface area contributed by atoms with Gasteiger partial charge in [-0.2, -0.15) is 13.2 Å². The Labute approximate surface area is 258 Å². The van der Waals surface area contributed by atoms with Crippen molar-refractivity contribution in [1.29, 1.82) is 0 Å². The lowest BCUT2D eigenvalue weighted by Gasteiger charge is -2.16. The highest BCUT2D eigenvalue weighted by Gasteiger charge is 2.38. The van der Waals surface area contributed by atoms with E-state index in [1.165, 1.54) is 89.9 Å². The lowest BCUT2D eigenvalue weighted by molar-refractivity contribution is -0.161. The third-order valence-electron chi connectivity index (χ3n) is 8.30. The second-order valence-corrected chi connectivity index (χ2v) is 12.0. The molecule has 0 spiro atoms. The fourth-order valence-corrected chi connectivity index (χ4v) is 5.47. The molecular formula is C37H55F3O3. The SMILES string of the molecule is CCCCCCCCCCCCCCCCCCCC/C=C(/OC(=O)[C@@H](C)c1ccc2cc(OC)ccc2c1)C(F)(F)F. The predicted molar refractivity (Wildman–Crippen MR) is 173 cm³/mol. The van der Waals surface area contributed by atoms with Crippen molar-refractivity contribution < 1.29 is 27.4 Å². The zero-order valence-corrected chi connectivity index (χ0v) is 26.9. The molecule has 3 nitrogen and oxygen atoms in total. The van der Waals surface area contributed by atoms with E-state index < -0.39 is 23.8 Å². The van der Waals surface area contributed by atoms with Gasteiger partial charge in [-0.25, -0.2) is 0 Å². The Morgan fingerprint density at radius 2 is 1.19 bits per heavy atom. The molecule has 242 valence electrons. The molecule has 0 aliphatic heterocycles. The number of esters is 1. The van der Waals surface area contributed by atoms with Crippen LogP contribution in [0.5, 0.6) is 5.75 Å². The Hall–Kier alpha value is -2.50. The Bertz CT molecular complexity index is 1080. The van der Waals surface area contributed by atoms with Crippen LogP contribution < -0.4 is 4.74 Å². The largest absolute Gasteiger partial charge is 0.497 e. The number of fused-ring (bicyclic) bond motifs is 1. The molecule has 0 amide bonds. The summed E-state index contributed by atoms with van der Waals surface area (Å²) in [5.74, 6) is -2.24. The van der Waals surface area contributed by atoms with E-state index in [0.717, 1.165) is 36.1 Å². The van der Waals surface area contributed by atoms with Gasteiger partial charge >= 0.3 is 12.1 Å². The third kappa shape index (κ3) is 15.2. The quantitative estimate of drug-likeness (QED) is 0.0719. The van der Waals surface area contributed by atoms with Crippen LogP contribution in [0, 0.1) is 0 Å². The standard InChI is InChI=1S/C37H55F3O3/c1-4-5-6-7-8-9-10-11-12-13-14-15-16-17-18-19-20-21-22-23-35(37(38,39)40)43-36(41)30(2)31-24-25-33-29-34(42-3)27-26-32(33)28-31/h23-30H,4-22H2,1-3H3/b35-23+/t30-/m0/s1. The second-order valence-electron chi connectivity index (χ2n) is 12.0. The number of methoxy groups -OCH3 is 1. The fourth-order valence-electron chi connectivity index (χ4n) is 5.47. The van der Waals surface area contributed by atoms with E-state index in [-0.39, 0.29) is 6.42 Å². The Kier molecular flexibility index (Phi) is 18.1. The lowest BCUT2D eigenvalue weighted by Crippen LogP contribution is -2.21. The second kappa shape index (κ2) is 21.2. The molecule has 2 aromatic rings. The van der Waals surface area contributed by atoms with Gasteiger partial charge in [0.15, 0.2) is 0 Å². The van der Waals surface area contributed by atoms with Gasteiger partial charge in [0.2, 0.25) is 5.76 Å². The summed E-state index contributed by atoms with van der Waals surface area (Å²) in [4.78, 5) is 12.7. The smallest absolute Gasteiger partial charge is 0.449 e. The molecule has 0 aliphatic rings. The van der Waals surface area contributed by atoms with Crippen LogP contribution in [-0.2, 0) is 9.53 Å². The molecule has 0 heterocycles. The summed E-state index contributed by atoms with van der Waals surface area (Å²) in [7, 11) is 1.58. The van der Waals surface area contributed by atoms with Crippen LogP contribution in [0.1, 0.15) is 147 Å². The van der Waals surface area contributed by atoms with Crippen molar-refractivity contribution in [2.45, 2.75) is 148 Å². The highest BCUT2D eigenvalue weighted by Crippen LogP contribution is 2.31. The molecule has 0 saturated heterocycles. The van der Waals surface area contributed by atoms with Gasteiger partial charge in [0.25, 0.3) is 0 Å². The number of halogens is 3. The number of carbonyl (C=O) groups is 1. The fraction of sp³-hybridized carbons (Fsp3) is 0.649. The highest BCUT2D eigenvalue weighted by atomic mass is 19.4. The van der Waals surface area contributed by atoms with E-state index in [1.807, 2.05) is 18.2 Å². The van der Waals surface area contributed by atoms with Crippen molar-refractivity contribution >= 4 is 16.7 Å². The summed E-state index contributed by atoms with van der Waals surface area (Å²) < 4.78 is 50.9. The minimum absolute atomic E-state index is 0.243. The van der Waals surface area contributed by atoms with E-state index in [2.05, 4.69) is 6.92 Å². The number of rotatable bonds is 23. The van der Waals surface area contributed by atoms with Crippen molar-refractivity contribution in [3.63, 3.8) is 0 Å². The maximum Gasteiger partial charge on any atom is 0.449 e. The van der Waals surface area contributed by atoms with Crippen LogP contribution in [-0.4, -0.2) is 19.3 Å². The van der Waals surface area contributed by atoms with Crippen LogP contribution >= 0.6 is 0 Å². The summed E-state index contributed by atoms with van der Waals surface area (Å²) in [6.45, 7) is 3.83. The molecule has 1 atom stereocenters. The molecule has 0 N–H and O–H groups in total. The van der Waals surface area contributed by atoms with Crippen molar-refractivity contribution in [1.82, 2.24) is 0 Å². The van der Waals surface area contributed by atoms with Gasteiger partial charge in [0.05, 0.1) is 13.0 Å². The number of hydrogen-bond acceptors (Lipinski definition) is 3. The molecule has 0 bridgehead atoms. The first-order chi connectivity index (χ1) is 20.8. The van der Waals surface area contributed by atoms with Gasteiger partial charge in [0, 0.05) is 0 Å². The van der Waals surface area contributed by atoms with Gasteiger partial charge in [-0.15, -0.1) is 0 Å². The normalized spacial score (nSPS) is 12.9. The average molecular weight is 605 g/mol. The minimum Gasteiger partial charge on any atom is -0.497 e. The molecule has 2 rings (SSSR count). The summed E-state index contributed by atoms with van der Waals surface area (Å²) in [6.07, 6.45) is 19.0. The Balaban J connectivity index is 1.59. The topological polar surface area (TPSA) is 35.5 Å². The molecule has 0 saturated carbocycles. The summed E-state index contributed by atoms with van der Waals surface area (Å²) in [6, 6.07) is 10.9. The zero-order chi connectivity index (χ0) is 31.3. The number of hydrogen-bond donors (Lipinski definition) is 0. The molecule has 6 heteroatoms. The van der Waals surface area contributed by atoms with E-state index in [0.29, 0.717) is 17.7 Å². The predicted octanol–water partition coefficient (Wildman–Crippen LogP) is 12.4. The monoisotopic (exact) mass is 604 g/mol. The van der Waals surface area contributed by atoms with Gasteiger partial charge in [-0.05, 0) is 54.3 Å². The first-order valence-electron chi connectivity index (χ1n) is 16.8. The van der Waals surface area contributed by atoms with Crippen LogP contribution in [0.3, 0.4) is 0 Å². The number of alkyl halides is 3. The maximum absolute atomic E-state index is 13.6. The van der Waals surface area contributed by atoms with Crippen molar-refractivity contribution in [2.24, 2.45) is 0 Å². The average Bonchev–Trinajstić information content (AvgIpc) is 3.00. The van der Waals surface area contributed by atoms with Gasteiger partial charge in [-0.3, -0.25) is 4.79 Å². The van der Waals surface area contributed by atoms with Crippen LogP contribution in [0.25, 0.3) is 10.8 Å². The molecule has 2 aromatic carbocycles. The number of ether oxygens (including phenoxy) is 2. The number of unbranched alkanes of at least 4 members (excludes halogenated alkanes) is 18. The molecule has 0 aromatic heterocycles. The van der Waals surface area contributed by atoms with Crippen LogP contribution in [0.15, 0.2) is 48.2 Å². The highest BCUT2D eigenvalue weighted by molar-refractivity contribution is 5.87. The van der Waals surface area contributed by atoms with Crippen LogP contribution in [0.4, 0.5) is 13.2 Å². The zero-order valence-electron chi connectivity index (χ0n) is 26.9. The molecule has 0 aliphatic carbocycles. The van der Waals surface area contributed by atoms with E-state index in [9.17, 15) is 18.0 Å². The molecule has 0 unspecified atom stereocenters. The molecular weight excluding hydrogens is 549 g/mol. The number of benzene rings is 2. The first kappa shape index (κ1) is 36.7. The van der Waals surface area contributed by atoms with E-state index >= 15 is 0 Å².